The molecule has 0 amide bonds. The van der Waals surface area contributed by atoms with Crippen LogP contribution in [0.25, 0.3) is 0 Å². The third-order valence-electron chi connectivity index (χ3n) is 1.01. The first-order chi connectivity index (χ1) is 6.41. The summed E-state index contributed by atoms with van der Waals surface area (Å²) in [4.78, 5) is 0. The zero-order valence-corrected chi connectivity index (χ0v) is 12.1. The first-order valence-corrected chi connectivity index (χ1v) is 7.34. The summed E-state index contributed by atoms with van der Waals surface area (Å²) in [6.07, 6.45) is 0. The highest BCUT2D eigenvalue weighted by Crippen LogP contribution is 2.23. The minimum absolute atomic E-state index is 0.377. The largest absolute Gasteiger partial charge is 0.368 e. The van der Waals surface area contributed by atoms with Crippen LogP contribution in [0.15, 0.2) is 0 Å². The van der Waals surface area contributed by atoms with Crippen LogP contribution in [0.4, 0.5) is 0 Å². The summed E-state index contributed by atoms with van der Waals surface area (Å²) in [6.45, 7) is 8.23. The molecule has 2 N–H and O–H groups in total. The molecule has 14 heavy (non-hydrogen) atoms. The molecule has 2 nitrogen and oxygen atoms in total. The van der Waals surface area contributed by atoms with E-state index in [2.05, 4.69) is 38.3 Å². The van der Waals surface area contributed by atoms with Gasteiger partial charge in [-0.1, -0.05) is 24.4 Å². The number of thiocarbonyl (C=S) groups is 2. The van der Waals surface area contributed by atoms with Crippen molar-refractivity contribution in [3.05, 3.63) is 0 Å². The van der Waals surface area contributed by atoms with E-state index in [0.717, 1.165) is 8.64 Å². The van der Waals surface area contributed by atoms with Gasteiger partial charge in [0.1, 0.15) is 8.64 Å². The van der Waals surface area contributed by atoms with Crippen molar-refractivity contribution >= 4 is 54.7 Å². The molecule has 0 aromatic rings. The van der Waals surface area contributed by atoms with Crippen LogP contribution < -0.4 is 10.6 Å². The van der Waals surface area contributed by atoms with E-state index in [1.165, 1.54) is 21.6 Å². The molecule has 0 atom stereocenters. The predicted molar refractivity (Wildman–Crippen MR) is 76.9 cm³/mol. The molecule has 0 aliphatic carbocycles. The zero-order chi connectivity index (χ0) is 11.1. The van der Waals surface area contributed by atoms with Gasteiger partial charge in [-0.3, -0.25) is 0 Å². The van der Waals surface area contributed by atoms with E-state index in [0.29, 0.717) is 12.1 Å². The Morgan fingerprint density at radius 1 is 0.857 bits per heavy atom. The van der Waals surface area contributed by atoms with Crippen molar-refractivity contribution in [1.82, 2.24) is 10.6 Å². The van der Waals surface area contributed by atoms with Gasteiger partial charge in [0.25, 0.3) is 0 Å². The van der Waals surface area contributed by atoms with Gasteiger partial charge in [0.05, 0.1) is 0 Å². The molecule has 0 bridgehead atoms. The molecule has 0 aromatic heterocycles. The lowest BCUT2D eigenvalue weighted by Crippen LogP contribution is -2.28. The Labute approximate surface area is 105 Å². The van der Waals surface area contributed by atoms with Gasteiger partial charge < -0.3 is 10.6 Å². The summed E-state index contributed by atoms with van der Waals surface area (Å²) in [7, 11) is 2.98. The van der Waals surface area contributed by atoms with E-state index in [4.69, 9.17) is 24.4 Å². The molecule has 6 heteroatoms. The van der Waals surface area contributed by atoms with Gasteiger partial charge in [-0.05, 0) is 49.3 Å². The van der Waals surface area contributed by atoms with Gasteiger partial charge in [0.15, 0.2) is 0 Å². The molecule has 0 aromatic carbocycles. The molecule has 0 saturated heterocycles. The number of hydrogen-bond acceptors (Lipinski definition) is 4. The van der Waals surface area contributed by atoms with Crippen molar-refractivity contribution in [3.63, 3.8) is 0 Å². The van der Waals surface area contributed by atoms with Gasteiger partial charge in [-0.15, -0.1) is 0 Å². The Hall–Kier alpha value is 0.480. The lowest BCUT2D eigenvalue weighted by Gasteiger charge is -2.12. The summed E-state index contributed by atoms with van der Waals surface area (Å²) in [5, 5.41) is 6.28. The Morgan fingerprint density at radius 2 is 1.14 bits per heavy atom. The fraction of sp³-hybridized carbons (Fsp3) is 0.750. The summed E-state index contributed by atoms with van der Waals surface area (Å²) in [5.41, 5.74) is 0. The highest BCUT2D eigenvalue weighted by Gasteiger charge is 2.04. The maximum atomic E-state index is 5.11. The average Bonchev–Trinajstić information content (AvgIpc) is 1.98. The first kappa shape index (κ1) is 14.5. The minimum atomic E-state index is 0.377. The number of nitrogens with one attached hydrogen (secondary N) is 2. The van der Waals surface area contributed by atoms with Crippen LogP contribution in [0.2, 0.25) is 0 Å². The number of rotatable bonds is 2. The van der Waals surface area contributed by atoms with Crippen LogP contribution in [0.5, 0.6) is 0 Å². The third kappa shape index (κ3) is 9.05. The highest BCUT2D eigenvalue weighted by molar-refractivity contribution is 8.89. The predicted octanol–water partition coefficient (Wildman–Crippen LogP) is 2.93. The molecule has 0 heterocycles. The molecule has 0 aliphatic rings. The van der Waals surface area contributed by atoms with Crippen molar-refractivity contribution in [1.29, 1.82) is 0 Å². The second kappa shape index (κ2) is 7.73. The summed E-state index contributed by atoms with van der Waals surface area (Å²) in [6, 6.07) is 0.754. The van der Waals surface area contributed by atoms with E-state index >= 15 is 0 Å². The van der Waals surface area contributed by atoms with E-state index in [9.17, 15) is 0 Å². The maximum absolute atomic E-state index is 5.11. The summed E-state index contributed by atoms with van der Waals surface area (Å²) >= 11 is 10.2. The molecule has 0 fully saturated rings. The minimum Gasteiger partial charge on any atom is -0.368 e. The van der Waals surface area contributed by atoms with Gasteiger partial charge in [-0.25, -0.2) is 0 Å². The topological polar surface area (TPSA) is 24.1 Å². The standard InChI is InChI=1S/C8H16N2S4/c1-5(2)9-7(11)13-14-8(12)10-6(3)4/h5-6H,1-4H3,(H,9,11)(H,10,12). The normalized spacial score (nSPS) is 10.4. The SMILES string of the molecule is CC(C)NC(=S)SSC(=S)NC(C)C. The maximum Gasteiger partial charge on any atom is 0.145 e. The Kier molecular flexibility index (Phi) is 8.00. The molecule has 0 saturated carbocycles. The fourth-order valence-electron chi connectivity index (χ4n) is 0.595. The molecular weight excluding hydrogens is 252 g/mol. The Morgan fingerprint density at radius 3 is 1.36 bits per heavy atom. The van der Waals surface area contributed by atoms with Gasteiger partial charge in [0, 0.05) is 12.1 Å². The smallest absolute Gasteiger partial charge is 0.145 e. The van der Waals surface area contributed by atoms with E-state index in [1.807, 2.05) is 0 Å². The molecule has 0 aliphatic heterocycles. The van der Waals surface area contributed by atoms with E-state index in [-0.39, 0.29) is 0 Å². The average molecular weight is 268 g/mol. The number of hydrogen-bond donors (Lipinski definition) is 2. The van der Waals surface area contributed by atoms with Crippen molar-refractivity contribution in [2.75, 3.05) is 0 Å². The van der Waals surface area contributed by atoms with Crippen molar-refractivity contribution in [2.45, 2.75) is 39.8 Å². The van der Waals surface area contributed by atoms with Crippen LogP contribution in [0.1, 0.15) is 27.7 Å². The second-order valence-electron chi connectivity index (χ2n) is 3.34. The van der Waals surface area contributed by atoms with Crippen molar-refractivity contribution < 1.29 is 0 Å². The molecule has 0 radical (unpaired) electrons. The van der Waals surface area contributed by atoms with Crippen LogP contribution in [-0.2, 0) is 0 Å². The quantitative estimate of drug-likeness (QED) is 0.590. The van der Waals surface area contributed by atoms with Gasteiger partial charge in [-0.2, -0.15) is 0 Å². The first-order valence-electron chi connectivity index (χ1n) is 4.37. The third-order valence-corrected chi connectivity index (χ3v) is 4.25. The van der Waals surface area contributed by atoms with Crippen LogP contribution in [0.3, 0.4) is 0 Å². The van der Waals surface area contributed by atoms with Gasteiger partial charge in [0.2, 0.25) is 0 Å². The Bertz CT molecular complexity index is 182. The molecule has 0 spiro atoms. The summed E-state index contributed by atoms with van der Waals surface area (Å²) in [5.74, 6) is 0. The van der Waals surface area contributed by atoms with Crippen LogP contribution in [0, 0.1) is 0 Å². The molecule has 0 unspecified atom stereocenters. The highest BCUT2D eigenvalue weighted by atomic mass is 33.1. The fourth-order valence-corrected chi connectivity index (χ4v) is 3.14. The van der Waals surface area contributed by atoms with Crippen LogP contribution >= 0.6 is 46.0 Å². The lowest BCUT2D eigenvalue weighted by molar-refractivity contribution is 0.746. The second-order valence-corrected chi connectivity index (χ2v) is 6.82. The monoisotopic (exact) mass is 268 g/mol. The van der Waals surface area contributed by atoms with Crippen molar-refractivity contribution in [3.8, 4) is 0 Å². The van der Waals surface area contributed by atoms with Crippen LogP contribution in [-0.4, -0.2) is 20.7 Å². The van der Waals surface area contributed by atoms with Gasteiger partial charge >= 0.3 is 0 Å². The van der Waals surface area contributed by atoms with E-state index < -0.39 is 0 Å². The van der Waals surface area contributed by atoms with Crippen molar-refractivity contribution in [2.24, 2.45) is 0 Å². The molecule has 82 valence electrons. The lowest BCUT2D eigenvalue weighted by atomic mass is 10.4. The molecular formula is C8H16N2S4. The summed E-state index contributed by atoms with van der Waals surface area (Å²) < 4.78 is 1.55. The Balaban J connectivity index is 3.61. The van der Waals surface area contributed by atoms with E-state index in [1.54, 1.807) is 0 Å². The zero-order valence-electron chi connectivity index (χ0n) is 8.79. The molecule has 0 rings (SSSR count).